The molecule has 1 aromatic heterocycles. The predicted octanol–water partition coefficient (Wildman–Crippen LogP) is 1.19. The van der Waals surface area contributed by atoms with E-state index in [9.17, 15) is 0 Å². The minimum atomic E-state index is 0.590. The lowest BCUT2D eigenvalue weighted by Gasteiger charge is -1.96. The van der Waals surface area contributed by atoms with Gasteiger partial charge in [-0.3, -0.25) is 0 Å². The van der Waals surface area contributed by atoms with Crippen LogP contribution in [0.4, 0.5) is 5.13 Å². The minimum absolute atomic E-state index is 0.590. The minimum Gasteiger partial charge on any atom is -0.375 e. The van der Waals surface area contributed by atoms with Gasteiger partial charge in [0.1, 0.15) is 7.85 Å². The average Bonchev–Trinajstić information content (AvgIpc) is 2.53. The molecule has 2 radical (unpaired) electrons. The maximum atomic E-state index is 5.57. The van der Waals surface area contributed by atoms with Gasteiger partial charge in [-0.25, -0.2) is 4.98 Å². The Kier molecular flexibility index (Phi) is 2.06. The third-order valence-corrected chi connectivity index (χ3v) is 2.40. The van der Waals surface area contributed by atoms with E-state index >= 15 is 0 Å². The fourth-order valence-corrected chi connectivity index (χ4v) is 1.65. The highest BCUT2D eigenvalue weighted by molar-refractivity contribution is 7.13. The van der Waals surface area contributed by atoms with Crippen molar-refractivity contribution in [3.8, 4) is 11.3 Å². The molecule has 1 aromatic carbocycles. The lowest BCUT2D eigenvalue weighted by Crippen LogP contribution is -1.99. The van der Waals surface area contributed by atoms with Crippen molar-refractivity contribution in [2.75, 3.05) is 5.73 Å². The van der Waals surface area contributed by atoms with Gasteiger partial charge in [-0.05, 0) is 0 Å². The summed E-state index contributed by atoms with van der Waals surface area (Å²) in [7, 11) is 5.57. The van der Waals surface area contributed by atoms with Crippen LogP contribution in [0.25, 0.3) is 11.3 Å². The van der Waals surface area contributed by atoms with Crippen molar-refractivity contribution < 1.29 is 0 Å². The molecule has 0 unspecified atom stereocenters. The first-order valence-electron chi connectivity index (χ1n) is 3.82. The number of benzene rings is 1. The SMILES string of the molecule is [B]c1ccc(-c2csc(N)n2)cc1. The molecule has 0 fully saturated rings. The van der Waals surface area contributed by atoms with E-state index in [2.05, 4.69) is 4.98 Å². The lowest BCUT2D eigenvalue weighted by molar-refractivity contribution is 1.41. The maximum absolute atomic E-state index is 5.57. The van der Waals surface area contributed by atoms with Crippen LogP contribution in [0.5, 0.6) is 0 Å². The van der Waals surface area contributed by atoms with Crippen molar-refractivity contribution >= 4 is 29.8 Å². The van der Waals surface area contributed by atoms with Crippen molar-refractivity contribution in [1.82, 2.24) is 4.98 Å². The predicted molar refractivity (Wildman–Crippen MR) is 57.4 cm³/mol. The number of anilines is 1. The summed E-state index contributed by atoms with van der Waals surface area (Å²) in [6, 6.07) is 7.57. The van der Waals surface area contributed by atoms with E-state index in [1.54, 1.807) is 0 Å². The lowest BCUT2D eigenvalue weighted by atomic mass is 9.95. The van der Waals surface area contributed by atoms with Gasteiger partial charge in [-0.15, -0.1) is 11.3 Å². The second kappa shape index (κ2) is 3.22. The van der Waals surface area contributed by atoms with Gasteiger partial charge in [0.15, 0.2) is 5.13 Å². The maximum Gasteiger partial charge on any atom is 0.180 e. The van der Waals surface area contributed by atoms with E-state index in [0.29, 0.717) is 5.13 Å². The molecule has 4 heteroatoms. The first-order chi connectivity index (χ1) is 6.25. The molecule has 0 saturated carbocycles. The average molecular weight is 186 g/mol. The zero-order valence-corrected chi connectivity index (χ0v) is 7.71. The third-order valence-electron chi connectivity index (χ3n) is 1.73. The summed E-state index contributed by atoms with van der Waals surface area (Å²) in [5.74, 6) is 0. The van der Waals surface area contributed by atoms with Gasteiger partial charge in [-0.1, -0.05) is 29.7 Å². The van der Waals surface area contributed by atoms with Gasteiger partial charge < -0.3 is 5.73 Å². The monoisotopic (exact) mass is 186 g/mol. The summed E-state index contributed by atoms with van der Waals surface area (Å²) in [4.78, 5) is 4.17. The zero-order valence-electron chi connectivity index (χ0n) is 6.90. The first-order valence-corrected chi connectivity index (χ1v) is 4.70. The molecular formula is C9H7BN2S. The summed E-state index contributed by atoms with van der Waals surface area (Å²) < 4.78 is 0. The van der Waals surface area contributed by atoms with Crippen molar-refractivity contribution in [3.05, 3.63) is 29.6 Å². The Bertz CT molecular complexity index is 408. The largest absolute Gasteiger partial charge is 0.375 e. The molecule has 0 amide bonds. The molecule has 0 saturated heterocycles. The van der Waals surface area contributed by atoms with Gasteiger partial charge in [0, 0.05) is 10.9 Å². The number of nitrogen functional groups attached to an aromatic ring is 1. The normalized spacial score (nSPS) is 10.2. The molecule has 0 bridgehead atoms. The second-order valence-electron chi connectivity index (χ2n) is 2.69. The molecule has 2 N–H and O–H groups in total. The topological polar surface area (TPSA) is 38.9 Å². The third kappa shape index (κ3) is 1.73. The van der Waals surface area contributed by atoms with E-state index in [0.717, 1.165) is 16.7 Å². The quantitative estimate of drug-likeness (QED) is 0.679. The van der Waals surface area contributed by atoms with Crippen molar-refractivity contribution in [2.24, 2.45) is 0 Å². The number of aromatic nitrogens is 1. The van der Waals surface area contributed by atoms with Crippen LogP contribution in [-0.4, -0.2) is 12.8 Å². The Morgan fingerprint density at radius 2 is 1.92 bits per heavy atom. The van der Waals surface area contributed by atoms with Crippen LogP contribution in [0.1, 0.15) is 0 Å². The molecular weight excluding hydrogens is 179 g/mol. The van der Waals surface area contributed by atoms with Crippen LogP contribution in [0.15, 0.2) is 29.6 Å². The van der Waals surface area contributed by atoms with Gasteiger partial charge in [0.2, 0.25) is 0 Å². The number of thiazole rings is 1. The number of hydrogen-bond acceptors (Lipinski definition) is 3. The molecule has 1 heterocycles. The fourth-order valence-electron chi connectivity index (χ4n) is 1.07. The summed E-state index contributed by atoms with van der Waals surface area (Å²) in [5.41, 5.74) is 8.23. The van der Waals surface area contributed by atoms with Gasteiger partial charge in [0.25, 0.3) is 0 Å². The molecule has 0 atom stereocenters. The smallest absolute Gasteiger partial charge is 0.180 e. The second-order valence-corrected chi connectivity index (χ2v) is 3.58. The molecule has 13 heavy (non-hydrogen) atoms. The van der Waals surface area contributed by atoms with Gasteiger partial charge in [0.05, 0.1) is 5.69 Å². The fraction of sp³-hybridized carbons (Fsp3) is 0. The van der Waals surface area contributed by atoms with Gasteiger partial charge >= 0.3 is 0 Å². The highest BCUT2D eigenvalue weighted by Gasteiger charge is 2.00. The molecule has 2 aromatic rings. The van der Waals surface area contributed by atoms with Crippen molar-refractivity contribution in [3.63, 3.8) is 0 Å². The van der Waals surface area contributed by atoms with Crippen LogP contribution in [0.2, 0.25) is 0 Å². The van der Waals surface area contributed by atoms with Crippen LogP contribution < -0.4 is 11.2 Å². The Balaban J connectivity index is 2.41. The molecule has 2 nitrogen and oxygen atoms in total. The summed E-state index contributed by atoms with van der Waals surface area (Å²) in [6.45, 7) is 0. The summed E-state index contributed by atoms with van der Waals surface area (Å²) in [5, 5.41) is 2.52. The van der Waals surface area contributed by atoms with E-state index < -0.39 is 0 Å². The molecule has 0 aliphatic heterocycles. The Morgan fingerprint density at radius 1 is 1.23 bits per heavy atom. The highest BCUT2D eigenvalue weighted by Crippen LogP contribution is 2.21. The van der Waals surface area contributed by atoms with Gasteiger partial charge in [-0.2, -0.15) is 0 Å². The number of nitrogens with two attached hydrogens (primary N) is 1. The zero-order chi connectivity index (χ0) is 9.26. The van der Waals surface area contributed by atoms with Crippen molar-refractivity contribution in [2.45, 2.75) is 0 Å². The van der Waals surface area contributed by atoms with Crippen LogP contribution in [-0.2, 0) is 0 Å². The summed E-state index contributed by atoms with van der Waals surface area (Å²) in [6.07, 6.45) is 0. The Morgan fingerprint density at radius 3 is 2.46 bits per heavy atom. The standard InChI is InChI=1S/C9H7BN2S/c10-7-3-1-6(2-4-7)8-5-13-9(11)12-8/h1-5H,(H2,11,12). The van der Waals surface area contributed by atoms with E-state index in [1.165, 1.54) is 11.3 Å². The van der Waals surface area contributed by atoms with Crippen molar-refractivity contribution in [1.29, 1.82) is 0 Å². The molecule has 0 aliphatic rings. The number of hydrogen-bond donors (Lipinski definition) is 1. The Hall–Kier alpha value is -1.29. The van der Waals surface area contributed by atoms with Crippen LogP contribution >= 0.6 is 11.3 Å². The highest BCUT2D eigenvalue weighted by atomic mass is 32.1. The molecule has 62 valence electrons. The Labute approximate surface area is 81.8 Å². The molecule has 2 rings (SSSR count). The van der Waals surface area contributed by atoms with E-state index in [-0.39, 0.29) is 0 Å². The summed E-state index contributed by atoms with van der Waals surface area (Å²) >= 11 is 1.44. The molecule has 0 aliphatic carbocycles. The number of rotatable bonds is 1. The van der Waals surface area contributed by atoms with E-state index in [1.807, 2.05) is 29.6 Å². The van der Waals surface area contributed by atoms with E-state index in [4.69, 9.17) is 13.6 Å². The van der Waals surface area contributed by atoms with Crippen LogP contribution in [0, 0.1) is 0 Å². The first kappa shape index (κ1) is 8.32. The van der Waals surface area contributed by atoms with Crippen LogP contribution in [0.3, 0.4) is 0 Å². The number of nitrogens with zero attached hydrogens (tertiary/aromatic N) is 1. The molecule has 0 spiro atoms.